The van der Waals surface area contributed by atoms with Crippen LogP contribution >= 0.6 is 0 Å². The van der Waals surface area contributed by atoms with E-state index in [4.69, 9.17) is 20.9 Å². The minimum atomic E-state index is -0.583. The first-order valence-corrected chi connectivity index (χ1v) is 10.0. The molecule has 2 heterocycles. The number of rotatable bonds is 8. The van der Waals surface area contributed by atoms with Crippen LogP contribution in [0.2, 0.25) is 0 Å². The summed E-state index contributed by atoms with van der Waals surface area (Å²) in [5.41, 5.74) is 14.5. The molecule has 0 atom stereocenters. The van der Waals surface area contributed by atoms with Gasteiger partial charge in [0.05, 0.1) is 12.8 Å². The lowest BCUT2D eigenvalue weighted by Crippen LogP contribution is -2.13. The molecular formula is C24H22N6O3. The summed E-state index contributed by atoms with van der Waals surface area (Å²) < 4.78 is 11.1. The Morgan fingerprint density at radius 3 is 2.64 bits per heavy atom. The van der Waals surface area contributed by atoms with Crippen LogP contribution in [0.1, 0.15) is 16.1 Å². The van der Waals surface area contributed by atoms with Crippen LogP contribution < -0.4 is 26.3 Å². The smallest absolute Gasteiger partial charge is 0.267 e. The number of nitrogens with two attached hydrogens (primary N) is 2. The van der Waals surface area contributed by atoms with E-state index in [9.17, 15) is 4.79 Å². The Morgan fingerprint density at radius 1 is 1.00 bits per heavy atom. The van der Waals surface area contributed by atoms with Gasteiger partial charge in [0.25, 0.3) is 5.91 Å². The fourth-order valence-electron chi connectivity index (χ4n) is 3.14. The van der Waals surface area contributed by atoms with Gasteiger partial charge < -0.3 is 26.3 Å². The first kappa shape index (κ1) is 21.6. The van der Waals surface area contributed by atoms with E-state index in [1.54, 1.807) is 25.3 Å². The van der Waals surface area contributed by atoms with Gasteiger partial charge in [-0.1, -0.05) is 18.2 Å². The summed E-state index contributed by atoms with van der Waals surface area (Å²) >= 11 is 0. The van der Waals surface area contributed by atoms with E-state index < -0.39 is 5.91 Å². The quantitative estimate of drug-likeness (QED) is 0.377. The zero-order valence-electron chi connectivity index (χ0n) is 17.9. The Balaban J connectivity index is 1.50. The molecule has 9 heteroatoms. The van der Waals surface area contributed by atoms with Crippen LogP contribution in [0.3, 0.4) is 0 Å². The summed E-state index contributed by atoms with van der Waals surface area (Å²) in [4.78, 5) is 23.8. The van der Waals surface area contributed by atoms with Gasteiger partial charge in [-0.15, -0.1) is 0 Å². The number of amides is 1. The number of methoxy groups -OCH3 is 1. The maximum absolute atomic E-state index is 11.3. The highest BCUT2D eigenvalue weighted by molar-refractivity contribution is 5.90. The van der Waals surface area contributed by atoms with Crippen LogP contribution in [-0.4, -0.2) is 28.0 Å². The van der Waals surface area contributed by atoms with E-state index in [1.165, 1.54) is 6.20 Å². The molecule has 166 valence electrons. The van der Waals surface area contributed by atoms with Gasteiger partial charge in [0, 0.05) is 29.6 Å². The van der Waals surface area contributed by atoms with E-state index in [-0.39, 0.29) is 18.2 Å². The molecule has 33 heavy (non-hydrogen) atoms. The van der Waals surface area contributed by atoms with Crippen molar-refractivity contribution in [1.82, 2.24) is 15.0 Å². The van der Waals surface area contributed by atoms with Gasteiger partial charge in [0.15, 0.2) is 0 Å². The number of nitrogens with zero attached hydrogens (tertiary/aromatic N) is 3. The molecular weight excluding hydrogens is 420 g/mol. The number of ether oxygens (including phenoxy) is 2. The Kier molecular flexibility index (Phi) is 6.31. The fourth-order valence-corrected chi connectivity index (χ4v) is 3.14. The highest BCUT2D eigenvalue weighted by Crippen LogP contribution is 2.27. The van der Waals surface area contributed by atoms with E-state index in [0.717, 1.165) is 22.6 Å². The Bertz CT molecular complexity index is 1290. The second-order valence-corrected chi connectivity index (χ2v) is 7.08. The summed E-state index contributed by atoms with van der Waals surface area (Å²) in [6, 6.07) is 20.1. The van der Waals surface area contributed by atoms with Crippen molar-refractivity contribution in [2.75, 3.05) is 18.2 Å². The molecule has 0 saturated heterocycles. The van der Waals surface area contributed by atoms with E-state index >= 15 is 0 Å². The lowest BCUT2D eigenvalue weighted by Gasteiger charge is -2.11. The number of nitrogens with one attached hydrogen (secondary N) is 1. The van der Waals surface area contributed by atoms with Crippen molar-refractivity contribution >= 4 is 23.4 Å². The summed E-state index contributed by atoms with van der Waals surface area (Å²) in [6.45, 7) is 0.257. The van der Waals surface area contributed by atoms with Gasteiger partial charge in [0.2, 0.25) is 5.95 Å². The summed E-state index contributed by atoms with van der Waals surface area (Å²) in [6.07, 6.45) is 1.52. The minimum absolute atomic E-state index is 0.146. The van der Waals surface area contributed by atoms with Crippen molar-refractivity contribution in [2.45, 2.75) is 6.61 Å². The number of anilines is 3. The monoisotopic (exact) mass is 442 g/mol. The van der Waals surface area contributed by atoms with Crippen molar-refractivity contribution in [1.29, 1.82) is 0 Å². The molecule has 0 saturated carbocycles. The third-order valence-electron chi connectivity index (χ3n) is 4.70. The summed E-state index contributed by atoms with van der Waals surface area (Å²) in [5.74, 6) is 1.46. The van der Waals surface area contributed by atoms with Gasteiger partial charge in [0.1, 0.15) is 29.6 Å². The molecule has 0 aliphatic rings. The zero-order valence-corrected chi connectivity index (χ0v) is 17.9. The molecule has 2 aromatic heterocycles. The van der Waals surface area contributed by atoms with E-state index in [2.05, 4.69) is 20.3 Å². The van der Waals surface area contributed by atoms with Gasteiger partial charge in [-0.25, -0.2) is 4.98 Å². The van der Waals surface area contributed by atoms with Crippen LogP contribution in [0.15, 0.2) is 72.9 Å². The summed E-state index contributed by atoms with van der Waals surface area (Å²) in [5, 5.41) is 3.23. The third kappa shape index (κ3) is 5.53. The first-order chi connectivity index (χ1) is 16.0. The molecule has 4 rings (SSSR count). The number of primary amides is 1. The van der Waals surface area contributed by atoms with E-state index in [0.29, 0.717) is 17.3 Å². The molecule has 0 bridgehead atoms. The van der Waals surface area contributed by atoms with Crippen LogP contribution in [0, 0.1) is 0 Å². The fraction of sp³-hybridized carbons (Fsp3) is 0.0833. The van der Waals surface area contributed by atoms with Crippen LogP contribution in [0.4, 0.5) is 17.5 Å². The molecule has 4 aromatic rings. The van der Waals surface area contributed by atoms with Crippen molar-refractivity contribution in [3.63, 3.8) is 0 Å². The molecule has 0 unspecified atom stereocenters. The minimum Gasteiger partial charge on any atom is -0.497 e. The van der Waals surface area contributed by atoms with E-state index in [1.807, 2.05) is 48.5 Å². The van der Waals surface area contributed by atoms with Crippen LogP contribution in [0.5, 0.6) is 11.5 Å². The molecule has 9 nitrogen and oxygen atoms in total. The predicted molar refractivity (Wildman–Crippen MR) is 125 cm³/mol. The number of pyridine rings is 1. The zero-order chi connectivity index (χ0) is 23.2. The van der Waals surface area contributed by atoms with Crippen molar-refractivity contribution in [3.8, 4) is 22.8 Å². The van der Waals surface area contributed by atoms with Crippen molar-refractivity contribution in [2.24, 2.45) is 5.73 Å². The van der Waals surface area contributed by atoms with Crippen molar-refractivity contribution in [3.05, 3.63) is 84.2 Å². The molecule has 0 aliphatic carbocycles. The molecule has 0 radical (unpaired) electrons. The van der Waals surface area contributed by atoms with Crippen LogP contribution in [-0.2, 0) is 6.61 Å². The average molecular weight is 442 g/mol. The van der Waals surface area contributed by atoms with Gasteiger partial charge in [-0.05, 0) is 42.0 Å². The lowest BCUT2D eigenvalue weighted by molar-refractivity contribution is 0.0995. The largest absolute Gasteiger partial charge is 0.497 e. The Labute approximate surface area is 190 Å². The number of carbonyl (C=O) groups is 1. The number of benzene rings is 2. The highest BCUT2D eigenvalue weighted by Gasteiger charge is 2.08. The normalized spacial score (nSPS) is 10.5. The third-order valence-corrected chi connectivity index (χ3v) is 4.70. The number of nitrogen functional groups attached to an aromatic ring is 1. The maximum Gasteiger partial charge on any atom is 0.267 e. The van der Waals surface area contributed by atoms with Crippen molar-refractivity contribution < 1.29 is 14.3 Å². The molecule has 5 N–H and O–H groups in total. The van der Waals surface area contributed by atoms with Gasteiger partial charge in [-0.2, -0.15) is 4.98 Å². The topological polar surface area (TPSA) is 138 Å². The maximum atomic E-state index is 11.3. The second kappa shape index (κ2) is 9.65. The SMILES string of the molecule is COc1cccc(-c2cc(Nc3cccc(OCc4ccnc(C(N)=O)c4)c3)nc(N)n2)c1. The van der Waals surface area contributed by atoms with Gasteiger partial charge >= 0.3 is 0 Å². The standard InChI is InChI=1S/C24H22N6O3/c1-32-18-6-2-4-16(11-18)20-13-22(30-24(26)29-20)28-17-5-3-7-19(12-17)33-14-15-8-9-27-21(10-15)23(25)31/h2-13H,14H2,1H3,(H2,25,31)(H3,26,28,29,30). The summed E-state index contributed by atoms with van der Waals surface area (Å²) in [7, 11) is 1.61. The first-order valence-electron chi connectivity index (χ1n) is 10.0. The molecule has 0 aliphatic heterocycles. The molecule has 0 fully saturated rings. The number of carbonyl (C=O) groups excluding carboxylic acids is 1. The van der Waals surface area contributed by atoms with Gasteiger partial charge in [-0.3, -0.25) is 9.78 Å². The molecule has 0 spiro atoms. The Morgan fingerprint density at radius 2 is 1.82 bits per heavy atom. The predicted octanol–water partition coefficient (Wildman–Crippen LogP) is 3.55. The number of hydrogen-bond donors (Lipinski definition) is 3. The molecule has 1 amide bonds. The number of aromatic nitrogens is 3. The highest BCUT2D eigenvalue weighted by atomic mass is 16.5. The second-order valence-electron chi connectivity index (χ2n) is 7.08. The van der Waals surface area contributed by atoms with Crippen LogP contribution in [0.25, 0.3) is 11.3 Å². The average Bonchev–Trinajstić information content (AvgIpc) is 2.83. The Hall–Kier alpha value is -4.66. The lowest BCUT2D eigenvalue weighted by atomic mass is 10.1. The number of hydrogen-bond acceptors (Lipinski definition) is 8. The molecule has 2 aromatic carbocycles.